The van der Waals surface area contributed by atoms with Crippen LogP contribution in [0.5, 0.6) is 11.5 Å². The van der Waals surface area contributed by atoms with E-state index in [1.54, 1.807) is 12.1 Å². The first-order chi connectivity index (χ1) is 15.5. The summed E-state index contributed by atoms with van der Waals surface area (Å²) in [7, 11) is 0. The minimum Gasteiger partial charge on any atom is -0.486 e. The van der Waals surface area contributed by atoms with Crippen molar-refractivity contribution >= 4 is 11.6 Å². The van der Waals surface area contributed by atoms with Gasteiger partial charge >= 0.3 is 0 Å². The highest BCUT2D eigenvalue weighted by Crippen LogP contribution is 2.33. The molecule has 32 heavy (non-hydrogen) atoms. The maximum absolute atomic E-state index is 14.1. The number of benzene rings is 2. The lowest BCUT2D eigenvalue weighted by atomic mass is 10.2. The normalized spacial score (nSPS) is 15.7. The second-order valence-corrected chi connectivity index (χ2v) is 8.18. The third-order valence-corrected chi connectivity index (χ3v) is 6.21. The Hall–Kier alpha value is -3.48. The molecule has 3 aromatic rings. The van der Waals surface area contributed by atoms with Gasteiger partial charge in [0.1, 0.15) is 19.0 Å². The molecule has 2 aromatic carbocycles. The summed E-state index contributed by atoms with van der Waals surface area (Å²) in [5.41, 5.74) is 4.09. The van der Waals surface area contributed by atoms with Crippen LogP contribution in [-0.2, 0) is 0 Å². The van der Waals surface area contributed by atoms with Gasteiger partial charge in [-0.05, 0) is 44.2 Å². The van der Waals surface area contributed by atoms with E-state index >= 15 is 0 Å². The smallest absolute Gasteiger partial charge is 0.255 e. The van der Waals surface area contributed by atoms with Crippen LogP contribution in [0, 0.1) is 19.7 Å². The van der Waals surface area contributed by atoms with E-state index < -0.39 is 0 Å². The molecule has 0 radical (unpaired) electrons. The molecule has 1 aromatic heterocycles. The molecule has 0 spiro atoms. The second-order valence-electron chi connectivity index (χ2n) is 8.18. The maximum Gasteiger partial charge on any atom is 0.255 e. The van der Waals surface area contributed by atoms with Crippen molar-refractivity contribution in [1.29, 1.82) is 0 Å². The average Bonchev–Trinajstić information content (AvgIpc) is 3.12. The standard InChI is InChI=1S/C25H26FN3O3/c1-17-15-20(18(2)29(17)19-7-8-23-24(16-19)32-14-13-31-23)25(30)28-11-9-27(10-12-28)22-6-4-3-5-21(22)26/h3-8,15-16H,9-14H2,1-2H3. The first-order valence-corrected chi connectivity index (χ1v) is 10.9. The number of para-hydroxylation sites is 1. The quantitative estimate of drug-likeness (QED) is 0.625. The van der Waals surface area contributed by atoms with Gasteiger partial charge in [-0.2, -0.15) is 0 Å². The summed E-state index contributed by atoms with van der Waals surface area (Å²) in [6.45, 7) is 7.37. The Kier molecular flexibility index (Phi) is 5.25. The minimum absolute atomic E-state index is 0.00933. The molecule has 1 saturated heterocycles. The Morgan fingerprint density at radius 1 is 0.906 bits per heavy atom. The molecule has 0 unspecified atom stereocenters. The Labute approximate surface area is 186 Å². The third-order valence-electron chi connectivity index (χ3n) is 6.21. The fourth-order valence-electron chi connectivity index (χ4n) is 4.58. The third kappa shape index (κ3) is 3.57. The van der Waals surface area contributed by atoms with Crippen LogP contribution in [0.25, 0.3) is 5.69 Å². The molecular formula is C25H26FN3O3. The zero-order valence-electron chi connectivity index (χ0n) is 18.3. The Morgan fingerprint density at radius 2 is 1.62 bits per heavy atom. The lowest BCUT2D eigenvalue weighted by molar-refractivity contribution is 0.0746. The highest BCUT2D eigenvalue weighted by Gasteiger charge is 2.26. The van der Waals surface area contributed by atoms with Crippen LogP contribution in [-0.4, -0.2) is 54.8 Å². The lowest BCUT2D eigenvalue weighted by Gasteiger charge is -2.36. The van der Waals surface area contributed by atoms with Gasteiger partial charge in [0.2, 0.25) is 0 Å². The molecule has 5 rings (SSSR count). The molecule has 0 bridgehead atoms. The number of hydrogen-bond donors (Lipinski definition) is 0. The minimum atomic E-state index is -0.227. The van der Waals surface area contributed by atoms with E-state index in [-0.39, 0.29) is 11.7 Å². The van der Waals surface area contributed by atoms with E-state index in [1.807, 2.05) is 54.0 Å². The van der Waals surface area contributed by atoms with Crippen molar-refractivity contribution in [2.24, 2.45) is 0 Å². The molecule has 166 valence electrons. The van der Waals surface area contributed by atoms with Crippen molar-refractivity contribution in [3.8, 4) is 17.2 Å². The Bertz CT molecular complexity index is 1170. The summed E-state index contributed by atoms with van der Waals surface area (Å²) < 4.78 is 27.5. The predicted molar refractivity (Wildman–Crippen MR) is 121 cm³/mol. The fraction of sp³-hybridized carbons (Fsp3) is 0.320. The van der Waals surface area contributed by atoms with E-state index in [9.17, 15) is 9.18 Å². The molecule has 1 fully saturated rings. The molecule has 0 saturated carbocycles. The first kappa shape index (κ1) is 20.4. The van der Waals surface area contributed by atoms with Crippen LogP contribution in [0.3, 0.4) is 0 Å². The van der Waals surface area contributed by atoms with Gasteiger partial charge in [-0.25, -0.2) is 4.39 Å². The summed E-state index contributed by atoms with van der Waals surface area (Å²) in [5, 5.41) is 0. The van der Waals surface area contributed by atoms with Gasteiger partial charge < -0.3 is 23.8 Å². The number of amides is 1. The van der Waals surface area contributed by atoms with Gasteiger partial charge in [0.25, 0.3) is 5.91 Å². The van der Waals surface area contributed by atoms with Crippen molar-refractivity contribution in [3.05, 3.63) is 71.3 Å². The molecule has 1 amide bonds. The summed E-state index contributed by atoms with van der Waals surface area (Å²) in [4.78, 5) is 17.2. The van der Waals surface area contributed by atoms with Gasteiger partial charge in [-0.3, -0.25) is 4.79 Å². The van der Waals surface area contributed by atoms with E-state index in [4.69, 9.17) is 9.47 Å². The molecule has 7 heteroatoms. The first-order valence-electron chi connectivity index (χ1n) is 10.9. The molecule has 6 nitrogen and oxygen atoms in total. The molecule has 0 N–H and O–H groups in total. The summed E-state index contributed by atoms with van der Waals surface area (Å²) in [5.74, 6) is 1.25. The number of halogens is 1. The maximum atomic E-state index is 14.1. The predicted octanol–water partition coefficient (Wildman–Crippen LogP) is 3.97. The summed E-state index contributed by atoms with van der Waals surface area (Å²) in [6, 6.07) is 14.6. The van der Waals surface area contributed by atoms with Gasteiger partial charge in [0, 0.05) is 49.3 Å². The number of carbonyl (C=O) groups is 1. The number of hydrogen-bond acceptors (Lipinski definition) is 4. The van der Waals surface area contributed by atoms with E-state index in [1.165, 1.54) is 6.07 Å². The van der Waals surface area contributed by atoms with E-state index in [0.717, 1.165) is 28.6 Å². The van der Waals surface area contributed by atoms with Crippen LogP contribution >= 0.6 is 0 Å². The highest BCUT2D eigenvalue weighted by molar-refractivity contribution is 5.96. The zero-order valence-corrected chi connectivity index (χ0v) is 18.3. The fourth-order valence-corrected chi connectivity index (χ4v) is 4.58. The lowest BCUT2D eigenvalue weighted by Crippen LogP contribution is -2.49. The van der Waals surface area contributed by atoms with Crippen molar-refractivity contribution in [2.75, 3.05) is 44.3 Å². The molecule has 3 heterocycles. The van der Waals surface area contributed by atoms with Crippen LogP contribution in [0.1, 0.15) is 21.7 Å². The topological polar surface area (TPSA) is 46.9 Å². The van der Waals surface area contributed by atoms with Crippen molar-refractivity contribution in [3.63, 3.8) is 0 Å². The van der Waals surface area contributed by atoms with E-state index in [0.29, 0.717) is 50.6 Å². The number of piperazine rings is 1. The zero-order chi connectivity index (χ0) is 22.2. The van der Waals surface area contributed by atoms with E-state index in [2.05, 4.69) is 4.57 Å². The number of nitrogens with zero attached hydrogens (tertiary/aromatic N) is 3. The average molecular weight is 435 g/mol. The van der Waals surface area contributed by atoms with Crippen LogP contribution in [0.2, 0.25) is 0 Å². The van der Waals surface area contributed by atoms with Crippen LogP contribution in [0.4, 0.5) is 10.1 Å². The van der Waals surface area contributed by atoms with Gasteiger partial charge in [-0.15, -0.1) is 0 Å². The summed E-state index contributed by atoms with van der Waals surface area (Å²) >= 11 is 0. The van der Waals surface area contributed by atoms with Gasteiger partial charge in [0.15, 0.2) is 11.5 Å². The summed E-state index contributed by atoms with van der Waals surface area (Å²) in [6.07, 6.45) is 0. The Balaban J connectivity index is 1.35. The highest BCUT2D eigenvalue weighted by atomic mass is 19.1. The largest absolute Gasteiger partial charge is 0.486 e. The molecule has 2 aliphatic heterocycles. The van der Waals surface area contributed by atoms with Gasteiger partial charge in [0.05, 0.1) is 11.3 Å². The van der Waals surface area contributed by atoms with Crippen molar-refractivity contribution < 1.29 is 18.7 Å². The SMILES string of the molecule is Cc1cc(C(=O)N2CCN(c3ccccc3F)CC2)c(C)n1-c1ccc2c(c1)OCCO2. The molecule has 0 atom stereocenters. The van der Waals surface area contributed by atoms with Crippen molar-refractivity contribution in [1.82, 2.24) is 9.47 Å². The van der Waals surface area contributed by atoms with Gasteiger partial charge in [-0.1, -0.05) is 12.1 Å². The monoisotopic (exact) mass is 435 g/mol. The number of rotatable bonds is 3. The number of carbonyl (C=O) groups excluding carboxylic acids is 1. The molecule has 2 aliphatic rings. The number of anilines is 1. The number of aromatic nitrogens is 1. The van der Waals surface area contributed by atoms with Crippen LogP contribution < -0.4 is 14.4 Å². The second kappa shape index (κ2) is 8.22. The number of fused-ring (bicyclic) bond motifs is 1. The van der Waals surface area contributed by atoms with Crippen molar-refractivity contribution in [2.45, 2.75) is 13.8 Å². The number of ether oxygens (including phenoxy) is 2. The molecular weight excluding hydrogens is 409 g/mol. The molecule has 0 aliphatic carbocycles. The van der Waals surface area contributed by atoms with Crippen LogP contribution in [0.15, 0.2) is 48.5 Å². The Morgan fingerprint density at radius 3 is 2.38 bits per heavy atom. The number of aryl methyl sites for hydroxylation is 1.